The van der Waals surface area contributed by atoms with Crippen LogP contribution in [0.2, 0.25) is 0 Å². The predicted octanol–water partition coefficient (Wildman–Crippen LogP) is 4.83. The van der Waals surface area contributed by atoms with Gasteiger partial charge in [0.25, 0.3) is 0 Å². The fourth-order valence-corrected chi connectivity index (χ4v) is 3.77. The summed E-state index contributed by atoms with van der Waals surface area (Å²) in [7, 11) is 0. The van der Waals surface area contributed by atoms with Crippen molar-refractivity contribution in [1.82, 2.24) is 0 Å². The molecule has 24 heavy (non-hydrogen) atoms. The summed E-state index contributed by atoms with van der Waals surface area (Å²) in [6.07, 6.45) is 1.66. The average Bonchev–Trinajstić information content (AvgIpc) is 3.31. The minimum atomic E-state index is -0.443. The second-order valence-corrected chi connectivity index (χ2v) is 7.15. The monoisotopic (exact) mass is 356 g/mol. The van der Waals surface area contributed by atoms with E-state index in [0.29, 0.717) is 22.6 Å². The third kappa shape index (κ3) is 3.99. The van der Waals surface area contributed by atoms with Gasteiger partial charge in [0.05, 0.1) is 17.0 Å². The maximum atomic E-state index is 12.5. The van der Waals surface area contributed by atoms with Crippen LogP contribution in [0.1, 0.15) is 36.9 Å². The molecule has 0 aliphatic rings. The van der Waals surface area contributed by atoms with E-state index in [4.69, 9.17) is 4.74 Å². The molecule has 3 rings (SSSR count). The molecule has 122 valence electrons. The fraction of sp³-hybridized carbons (Fsp3) is 0.158. The standard InChI is InChI=1S/C19H16O3S2/c20-18(17-10-5-13-24-17)15-8-1-2-9-16(15)19(21)22-11-3-6-14-7-4-12-23-14/h1-2,4-5,7-10,12-13H,3,6,11H2. The van der Waals surface area contributed by atoms with E-state index in [-0.39, 0.29) is 5.78 Å². The topological polar surface area (TPSA) is 43.4 Å². The van der Waals surface area contributed by atoms with Crippen molar-refractivity contribution in [2.24, 2.45) is 0 Å². The lowest BCUT2D eigenvalue weighted by atomic mass is 10.0. The molecule has 0 radical (unpaired) electrons. The van der Waals surface area contributed by atoms with Crippen LogP contribution < -0.4 is 0 Å². The first-order chi connectivity index (χ1) is 11.8. The predicted molar refractivity (Wildman–Crippen MR) is 97.1 cm³/mol. The lowest BCUT2D eigenvalue weighted by molar-refractivity contribution is 0.0498. The van der Waals surface area contributed by atoms with Gasteiger partial charge in [0.1, 0.15) is 0 Å². The second-order valence-electron chi connectivity index (χ2n) is 5.17. The third-order valence-corrected chi connectivity index (χ3v) is 5.32. The summed E-state index contributed by atoms with van der Waals surface area (Å²) in [4.78, 5) is 26.8. The quantitative estimate of drug-likeness (QED) is 0.346. The summed E-state index contributed by atoms with van der Waals surface area (Å²) in [5, 5.41) is 3.88. The summed E-state index contributed by atoms with van der Waals surface area (Å²) in [6, 6.07) is 14.5. The summed E-state index contributed by atoms with van der Waals surface area (Å²) in [6.45, 7) is 0.345. The van der Waals surface area contributed by atoms with Crippen molar-refractivity contribution in [3.05, 3.63) is 80.2 Å². The zero-order valence-electron chi connectivity index (χ0n) is 12.9. The van der Waals surface area contributed by atoms with Gasteiger partial charge in [0, 0.05) is 10.4 Å². The van der Waals surface area contributed by atoms with Crippen LogP contribution >= 0.6 is 22.7 Å². The number of thiophene rings is 2. The Morgan fingerprint density at radius 3 is 2.33 bits per heavy atom. The molecule has 2 heterocycles. The van der Waals surface area contributed by atoms with E-state index in [2.05, 4.69) is 6.07 Å². The van der Waals surface area contributed by atoms with Gasteiger partial charge in [-0.25, -0.2) is 4.79 Å². The first kappa shape index (κ1) is 16.6. The highest BCUT2D eigenvalue weighted by atomic mass is 32.1. The van der Waals surface area contributed by atoms with Crippen molar-refractivity contribution in [3.8, 4) is 0 Å². The van der Waals surface area contributed by atoms with Crippen molar-refractivity contribution in [2.75, 3.05) is 6.61 Å². The van der Waals surface area contributed by atoms with Crippen LogP contribution in [-0.2, 0) is 11.2 Å². The molecule has 0 bridgehead atoms. The van der Waals surface area contributed by atoms with Crippen molar-refractivity contribution in [3.63, 3.8) is 0 Å². The highest BCUT2D eigenvalue weighted by Crippen LogP contribution is 2.19. The van der Waals surface area contributed by atoms with Gasteiger partial charge < -0.3 is 4.74 Å². The molecule has 0 aliphatic carbocycles. The van der Waals surface area contributed by atoms with E-state index in [0.717, 1.165) is 12.8 Å². The Kier molecular flexibility index (Phi) is 5.56. The molecule has 3 aromatic rings. The first-order valence-electron chi connectivity index (χ1n) is 7.62. The lowest BCUT2D eigenvalue weighted by Gasteiger charge is -2.08. The zero-order chi connectivity index (χ0) is 16.8. The molecular formula is C19H16O3S2. The third-order valence-electron chi connectivity index (χ3n) is 3.52. The van der Waals surface area contributed by atoms with Gasteiger partial charge in [-0.1, -0.05) is 30.3 Å². The molecule has 0 fully saturated rings. The van der Waals surface area contributed by atoms with Crippen LogP contribution in [0.4, 0.5) is 0 Å². The fourth-order valence-electron chi connectivity index (χ4n) is 2.34. The SMILES string of the molecule is O=C(OCCCc1cccs1)c1ccccc1C(=O)c1cccs1. The molecule has 0 aliphatic heterocycles. The molecule has 0 N–H and O–H groups in total. The number of carbonyl (C=O) groups excluding carboxylic acids is 2. The van der Waals surface area contributed by atoms with Crippen molar-refractivity contribution in [1.29, 1.82) is 0 Å². The van der Waals surface area contributed by atoms with Gasteiger partial charge in [0.15, 0.2) is 0 Å². The average molecular weight is 356 g/mol. The van der Waals surface area contributed by atoms with Crippen LogP contribution in [0.15, 0.2) is 59.3 Å². The maximum Gasteiger partial charge on any atom is 0.338 e. The molecule has 0 amide bonds. The van der Waals surface area contributed by atoms with Gasteiger partial charge >= 0.3 is 5.97 Å². The molecule has 2 aromatic heterocycles. The maximum absolute atomic E-state index is 12.5. The summed E-state index contributed by atoms with van der Waals surface area (Å²) in [5.41, 5.74) is 0.718. The molecule has 0 unspecified atom stereocenters. The summed E-state index contributed by atoms with van der Waals surface area (Å²) < 4.78 is 5.35. The molecule has 3 nitrogen and oxygen atoms in total. The van der Waals surface area contributed by atoms with Gasteiger partial charge in [-0.3, -0.25) is 4.79 Å². The Hall–Kier alpha value is -2.24. The number of carbonyl (C=O) groups is 2. The Labute approximate surface area is 148 Å². The molecule has 0 saturated carbocycles. The zero-order valence-corrected chi connectivity index (χ0v) is 14.6. The summed E-state index contributed by atoms with van der Waals surface area (Å²) >= 11 is 3.06. The Morgan fingerprint density at radius 2 is 1.62 bits per heavy atom. The Balaban J connectivity index is 1.63. The number of aryl methyl sites for hydroxylation is 1. The molecule has 0 spiro atoms. The van der Waals surface area contributed by atoms with Crippen molar-refractivity contribution >= 4 is 34.4 Å². The van der Waals surface area contributed by atoms with Gasteiger partial charge in [-0.2, -0.15) is 0 Å². The van der Waals surface area contributed by atoms with Crippen LogP contribution in [0.3, 0.4) is 0 Å². The van der Waals surface area contributed by atoms with Crippen LogP contribution in [0.5, 0.6) is 0 Å². The number of hydrogen-bond acceptors (Lipinski definition) is 5. The van der Waals surface area contributed by atoms with E-state index in [1.165, 1.54) is 16.2 Å². The molecule has 0 atom stereocenters. The van der Waals surface area contributed by atoms with E-state index >= 15 is 0 Å². The Bertz CT molecular complexity index is 805. The molecule has 1 aromatic carbocycles. The number of ether oxygens (including phenoxy) is 1. The largest absolute Gasteiger partial charge is 0.462 e. The van der Waals surface area contributed by atoms with Gasteiger partial charge in [-0.15, -0.1) is 22.7 Å². The number of rotatable bonds is 7. The van der Waals surface area contributed by atoms with Crippen LogP contribution in [-0.4, -0.2) is 18.4 Å². The van der Waals surface area contributed by atoms with Gasteiger partial charge in [-0.05, 0) is 41.8 Å². The molecule has 5 heteroatoms. The molecular weight excluding hydrogens is 340 g/mol. The van der Waals surface area contributed by atoms with E-state index < -0.39 is 5.97 Å². The number of benzene rings is 1. The van der Waals surface area contributed by atoms with Crippen molar-refractivity contribution < 1.29 is 14.3 Å². The number of ketones is 1. The summed E-state index contributed by atoms with van der Waals surface area (Å²) in [5.74, 6) is -0.585. The van der Waals surface area contributed by atoms with Crippen LogP contribution in [0, 0.1) is 0 Å². The normalized spacial score (nSPS) is 10.5. The van der Waals surface area contributed by atoms with E-state index in [1.807, 2.05) is 22.9 Å². The smallest absolute Gasteiger partial charge is 0.338 e. The Morgan fingerprint density at radius 1 is 0.875 bits per heavy atom. The molecule has 0 saturated heterocycles. The van der Waals surface area contributed by atoms with Gasteiger partial charge in [0.2, 0.25) is 5.78 Å². The number of esters is 1. The second kappa shape index (κ2) is 8.04. The highest BCUT2D eigenvalue weighted by Gasteiger charge is 2.19. The highest BCUT2D eigenvalue weighted by molar-refractivity contribution is 7.12. The minimum absolute atomic E-state index is 0.142. The van der Waals surface area contributed by atoms with Crippen molar-refractivity contribution in [2.45, 2.75) is 12.8 Å². The first-order valence-corrected chi connectivity index (χ1v) is 9.38. The number of hydrogen-bond donors (Lipinski definition) is 0. The van der Waals surface area contributed by atoms with Crippen LogP contribution in [0.25, 0.3) is 0 Å². The lowest BCUT2D eigenvalue weighted by Crippen LogP contribution is -2.13. The minimum Gasteiger partial charge on any atom is -0.462 e. The van der Waals surface area contributed by atoms with E-state index in [1.54, 1.807) is 41.7 Å². The van der Waals surface area contributed by atoms with E-state index in [9.17, 15) is 9.59 Å².